The molecule has 17 heavy (non-hydrogen) atoms. The zero-order chi connectivity index (χ0) is 12.1. The van der Waals surface area contributed by atoms with Gasteiger partial charge in [0.1, 0.15) is 5.71 Å². The first kappa shape index (κ1) is 11.3. The molecule has 0 spiro atoms. The van der Waals surface area contributed by atoms with Gasteiger partial charge in [-0.1, -0.05) is 41.6 Å². The summed E-state index contributed by atoms with van der Waals surface area (Å²) >= 11 is 0. The van der Waals surface area contributed by atoms with Crippen LogP contribution in [0.3, 0.4) is 0 Å². The predicted octanol–water partition coefficient (Wildman–Crippen LogP) is 1.89. The minimum Gasteiger partial charge on any atom is -0.411 e. The first-order valence-electron chi connectivity index (χ1n) is 5.28. The summed E-state index contributed by atoms with van der Waals surface area (Å²) in [5.41, 5.74) is 8.52. The monoisotopic (exact) mass is 227 g/mol. The van der Waals surface area contributed by atoms with Crippen molar-refractivity contribution < 1.29 is 5.21 Å². The summed E-state index contributed by atoms with van der Waals surface area (Å²) in [6, 6.07) is 13.7. The quantitative estimate of drug-likeness (QED) is 0.478. The van der Waals surface area contributed by atoms with E-state index >= 15 is 0 Å². The van der Waals surface area contributed by atoms with E-state index in [1.807, 2.05) is 36.4 Å². The average molecular weight is 227 g/mol. The van der Waals surface area contributed by atoms with E-state index in [-0.39, 0.29) is 6.54 Å². The van der Waals surface area contributed by atoms with Gasteiger partial charge in [-0.25, -0.2) is 0 Å². The highest BCUT2D eigenvalue weighted by molar-refractivity contribution is 6.00. The fraction of sp³-hybridized carbons (Fsp3) is 0.0769. The standard InChI is InChI=1S/C13H13N3O/c14-8-13(16-17)12-7-6-11(9-15-12)10-4-2-1-3-5-10/h1-7,9,17H,8,14H2/b16-13+. The molecule has 2 aromatic rings. The van der Waals surface area contributed by atoms with E-state index < -0.39 is 0 Å². The van der Waals surface area contributed by atoms with Gasteiger partial charge in [0.05, 0.1) is 5.69 Å². The topological polar surface area (TPSA) is 71.5 Å². The number of hydrogen-bond donors (Lipinski definition) is 2. The van der Waals surface area contributed by atoms with Crippen LogP contribution in [0.4, 0.5) is 0 Å². The average Bonchev–Trinajstić information content (AvgIpc) is 2.42. The molecule has 4 nitrogen and oxygen atoms in total. The molecule has 1 aromatic carbocycles. The van der Waals surface area contributed by atoms with Crippen molar-refractivity contribution in [1.82, 2.24) is 4.98 Å². The number of nitrogens with two attached hydrogens (primary N) is 1. The molecule has 0 atom stereocenters. The highest BCUT2D eigenvalue weighted by atomic mass is 16.4. The molecule has 0 aliphatic carbocycles. The number of benzene rings is 1. The lowest BCUT2D eigenvalue weighted by atomic mass is 10.1. The van der Waals surface area contributed by atoms with E-state index in [9.17, 15) is 0 Å². The largest absolute Gasteiger partial charge is 0.411 e. The Bertz CT molecular complexity index is 506. The molecule has 0 amide bonds. The number of aromatic nitrogens is 1. The van der Waals surface area contributed by atoms with Crippen LogP contribution in [0.15, 0.2) is 53.8 Å². The first-order valence-corrected chi connectivity index (χ1v) is 5.28. The van der Waals surface area contributed by atoms with Crippen LogP contribution in [0.25, 0.3) is 11.1 Å². The smallest absolute Gasteiger partial charge is 0.119 e. The van der Waals surface area contributed by atoms with Gasteiger partial charge >= 0.3 is 0 Å². The van der Waals surface area contributed by atoms with Crippen LogP contribution in [-0.2, 0) is 0 Å². The summed E-state index contributed by atoms with van der Waals surface area (Å²) in [4.78, 5) is 4.23. The van der Waals surface area contributed by atoms with Gasteiger partial charge in [0.25, 0.3) is 0 Å². The highest BCUT2D eigenvalue weighted by Crippen LogP contribution is 2.17. The van der Waals surface area contributed by atoms with Crippen LogP contribution in [0.2, 0.25) is 0 Å². The molecule has 0 unspecified atom stereocenters. The Morgan fingerprint density at radius 1 is 1.12 bits per heavy atom. The fourth-order valence-corrected chi connectivity index (χ4v) is 1.56. The molecule has 0 bridgehead atoms. The molecule has 0 saturated carbocycles. The van der Waals surface area contributed by atoms with E-state index in [1.165, 1.54) is 0 Å². The predicted molar refractivity (Wildman–Crippen MR) is 67.1 cm³/mol. The van der Waals surface area contributed by atoms with Crippen LogP contribution in [0, 0.1) is 0 Å². The van der Waals surface area contributed by atoms with Crippen molar-refractivity contribution in [2.24, 2.45) is 10.9 Å². The second-order valence-corrected chi connectivity index (χ2v) is 3.55. The van der Waals surface area contributed by atoms with Crippen molar-refractivity contribution in [1.29, 1.82) is 0 Å². The van der Waals surface area contributed by atoms with Gasteiger partial charge in [-0.3, -0.25) is 4.98 Å². The minimum atomic E-state index is 0.161. The Morgan fingerprint density at radius 3 is 2.41 bits per heavy atom. The van der Waals surface area contributed by atoms with Gasteiger partial charge < -0.3 is 10.9 Å². The Balaban J connectivity index is 2.31. The number of pyridine rings is 1. The number of hydrogen-bond acceptors (Lipinski definition) is 4. The Labute approximate surface area is 99.4 Å². The number of nitrogens with zero attached hydrogens (tertiary/aromatic N) is 2. The zero-order valence-electron chi connectivity index (χ0n) is 9.24. The maximum absolute atomic E-state index is 8.73. The van der Waals surface area contributed by atoms with Gasteiger partial charge in [-0.2, -0.15) is 0 Å². The lowest BCUT2D eigenvalue weighted by Gasteiger charge is -2.03. The van der Waals surface area contributed by atoms with Gasteiger partial charge in [0, 0.05) is 18.3 Å². The van der Waals surface area contributed by atoms with Gasteiger partial charge in [0.2, 0.25) is 0 Å². The molecule has 0 aliphatic heterocycles. The molecule has 0 radical (unpaired) electrons. The molecule has 0 saturated heterocycles. The molecular formula is C13H13N3O. The molecule has 2 rings (SSSR count). The van der Waals surface area contributed by atoms with Crippen molar-refractivity contribution >= 4 is 5.71 Å². The van der Waals surface area contributed by atoms with E-state index in [1.54, 1.807) is 12.3 Å². The van der Waals surface area contributed by atoms with Crippen LogP contribution in [0.1, 0.15) is 5.69 Å². The molecular weight excluding hydrogens is 214 g/mol. The van der Waals surface area contributed by atoms with Crippen molar-refractivity contribution in [2.45, 2.75) is 0 Å². The van der Waals surface area contributed by atoms with E-state index in [4.69, 9.17) is 10.9 Å². The van der Waals surface area contributed by atoms with E-state index in [2.05, 4.69) is 10.1 Å². The molecule has 0 aliphatic rings. The van der Waals surface area contributed by atoms with Gasteiger partial charge in [-0.15, -0.1) is 0 Å². The van der Waals surface area contributed by atoms with Crippen molar-refractivity contribution in [2.75, 3.05) is 6.54 Å². The van der Waals surface area contributed by atoms with Crippen molar-refractivity contribution in [3.05, 3.63) is 54.4 Å². The second kappa shape index (κ2) is 5.23. The maximum atomic E-state index is 8.73. The summed E-state index contributed by atoms with van der Waals surface area (Å²) < 4.78 is 0. The molecule has 1 heterocycles. The highest BCUT2D eigenvalue weighted by Gasteiger charge is 2.04. The fourth-order valence-electron chi connectivity index (χ4n) is 1.56. The summed E-state index contributed by atoms with van der Waals surface area (Å²) in [7, 11) is 0. The zero-order valence-corrected chi connectivity index (χ0v) is 9.24. The van der Waals surface area contributed by atoms with Crippen LogP contribution >= 0.6 is 0 Å². The van der Waals surface area contributed by atoms with Crippen LogP contribution < -0.4 is 5.73 Å². The minimum absolute atomic E-state index is 0.161. The van der Waals surface area contributed by atoms with Gasteiger partial charge in [0.15, 0.2) is 0 Å². The molecule has 1 aromatic heterocycles. The lowest BCUT2D eigenvalue weighted by molar-refractivity contribution is 0.318. The van der Waals surface area contributed by atoms with Crippen LogP contribution in [0.5, 0.6) is 0 Å². The molecule has 4 heteroatoms. The third-order valence-electron chi connectivity index (χ3n) is 2.48. The summed E-state index contributed by atoms with van der Waals surface area (Å²) in [5, 5.41) is 11.8. The third-order valence-corrected chi connectivity index (χ3v) is 2.48. The number of oxime groups is 1. The number of rotatable bonds is 3. The first-order chi connectivity index (χ1) is 8.35. The maximum Gasteiger partial charge on any atom is 0.119 e. The Morgan fingerprint density at radius 2 is 1.88 bits per heavy atom. The Kier molecular flexibility index (Phi) is 3.47. The normalized spacial score (nSPS) is 11.5. The second-order valence-electron chi connectivity index (χ2n) is 3.55. The third kappa shape index (κ3) is 2.49. The summed E-state index contributed by atoms with van der Waals surface area (Å²) in [5.74, 6) is 0. The SMILES string of the molecule is NC/C(=N\O)c1ccc(-c2ccccc2)cn1. The van der Waals surface area contributed by atoms with Crippen LogP contribution in [-0.4, -0.2) is 22.4 Å². The Hall–Kier alpha value is -2.20. The van der Waals surface area contributed by atoms with Crippen molar-refractivity contribution in [3.63, 3.8) is 0 Å². The summed E-state index contributed by atoms with van der Waals surface area (Å²) in [6.45, 7) is 0.161. The van der Waals surface area contributed by atoms with Crippen molar-refractivity contribution in [3.8, 4) is 11.1 Å². The van der Waals surface area contributed by atoms with E-state index in [0.717, 1.165) is 11.1 Å². The van der Waals surface area contributed by atoms with Gasteiger partial charge in [-0.05, 0) is 11.6 Å². The lowest BCUT2D eigenvalue weighted by Crippen LogP contribution is -2.16. The molecule has 0 fully saturated rings. The van der Waals surface area contributed by atoms with E-state index in [0.29, 0.717) is 11.4 Å². The summed E-state index contributed by atoms with van der Waals surface area (Å²) in [6.07, 6.45) is 1.74. The molecule has 86 valence electrons. The molecule has 3 N–H and O–H groups in total.